The maximum absolute atomic E-state index is 12.4. The van der Waals surface area contributed by atoms with E-state index < -0.39 is 6.36 Å². The first-order chi connectivity index (χ1) is 13.9. The van der Waals surface area contributed by atoms with Crippen molar-refractivity contribution in [1.82, 2.24) is 14.9 Å². The number of nitrogens with one attached hydrogen (secondary N) is 2. The van der Waals surface area contributed by atoms with Gasteiger partial charge in [-0.3, -0.25) is 4.79 Å². The molecule has 0 spiro atoms. The van der Waals surface area contributed by atoms with Crippen molar-refractivity contribution in [3.05, 3.63) is 42.5 Å². The standard InChI is InChI=1S/C20H25F3N4O2/c21-20(22,23)29-18-6-4-16(5-7-18)26-19(28)15-8-11-27(12-9-15)10-2-1-3-17-13-24-14-25-17/h4-7,13-15H,1-3,8-12H2,(H,24,25)(H,26,28). The Balaban J connectivity index is 1.35. The summed E-state index contributed by atoms with van der Waals surface area (Å²) in [7, 11) is 0. The lowest BCUT2D eigenvalue weighted by Gasteiger charge is -2.31. The van der Waals surface area contributed by atoms with E-state index in [9.17, 15) is 18.0 Å². The molecule has 0 aliphatic carbocycles. The van der Waals surface area contributed by atoms with Gasteiger partial charge in [-0.1, -0.05) is 0 Å². The molecule has 2 aromatic rings. The summed E-state index contributed by atoms with van der Waals surface area (Å²) in [5.74, 6) is -0.480. The molecule has 1 fully saturated rings. The van der Waals surface area contributed by atoms with Gasteiger partial charge in [0.05, 0.1) is 6.33 Å². The fraction of sp³-hybridized carbons (Fsp3) is 0.500. The van der Waals surface area contributed by atoms with Gasteiger partial charge in [-0.2, -0.15) is 0 Å². The summed E-state index contributed by atoms with van der Waals surface area (Å²) in [6.45, 7) is 2.77. The van der Waals surface area contributed by atoms with Gasteiger partial charge in [0, 0.05) is 23.5 Å². The van der Waals surface area contributed by atoms with Crippen LogP contribution in [-0.2, 0) is 11.2 Å². The van der Waals surface area contributed by atoms with Crippen LogP contribution in [-0.4, -0.2) is 46.8 Å². The summed E-state index contributed by atoms with van der Waals surface area (Å²) in [6.07, 6.45) is 3.56. The number of aromatic nitrogens is 2. The van der Waals surface area contributed by atoms with Crippen LogP contribution in [0.25, 0.3) is 0 Å². The van der Waals surface area contributed by atoms with Gasteiger partial charge in [-0.25, -0.2) is 4.98 Å². The average Bonchev–Trinajstić information content (AvgIpc) is 3.20. The molecule has 0 atom stereocenters. The molecule has 1 aliphatic rings. The first kappa shape index (κ1) is 21.2. The number of alkyl halides is 3. The highest BCUT2D eigenvalue weighted by atomic mass is 19.4. The second-order valence-corrected chi connectivity index (χ2v) is 7.21. The molecule has 3 rings (SSSR count). The van der Waals surface area contributed by atoms with Gasteiger partial charge >= 0.3 is 6.36 Å². The molecule has 2 N–H and O–H groups in total. The highest BCUT2D eigenvalue weighted by Crippen LogP contribution is 2.25. The van der Waals surface area contributed by atoms with E-state index in [0.717, 1.165) is 57.4 Å². The summed E-state index contributed by atoms with van der Waals surface area (Å²) in [5.41, 5.74) is 1.61. The number of aryl methyl sites for hydroxylation is 1. The number of carbonyl (C=O) groups excluding carboxylic acids is 1. The number of hydrogen-bond acceptors (Lipinski definition) is 4. The Kier molecular flexibility index (Phi) is 7.13. The average molecular weight is 410 g/mol. The topological polar surface area (TPSA) is 70.2 Å². The van der Waals surface area contributed by atoms with Crippen LogP contribution in [0.3, 0.4) is 0 Å². The largest absolute Gasteiger partial charge is 0.573 e. The van der Waals surface area contributed by atoms with Crippen LogP contribution in [0.2, 0.25) is 0 Å². The van der Waals surface area contributed by atoms with Gasteiger partial charge in [-0.05, 0) is 76.0 Å². The van der Waals surface area contributed by atoms with Crippen LogP contribution in [0.1, 0.15) is 31.4 Å². The fourth-order valence-electron chi connectivity index (χ4n) is 3.48. The number of imidazole rings is 1. The lowest BCUT2D eigenvalue weighted by Crippen LogP contribution is -2.38. The minimum atomic E-state index is -4.72. The Morgan fingerprint density at radius 2 is 1.93 bits per heavy atom. The van der Waals surface area contributed by atoms with Crippen molar-refractivity contribution in [3.8, 4) is 5.75 Å². The molecule has 29 heavy (non-hydrogen) atoms. The molecular weight excluding hydrogens is 385 g/mol. The number of piperidine rings is 1. The van der Waals surface area contributed by atoms with E-state index in [0.29, 0.717) is 5.69 Å². The molecule has 9 heteroatoms. The number of unbranched alkanes of at least 4 members (excludes halogenated alkanes) is 1. The summed E-state index contributed by atoms with van der Waals surface area (Å²) >= 11 is 0. The van der Waals surface area contributed by atoms with Gasteiger partial charge in [0.2, 0.25) is 5.91 Å². The summed E-state index contributed by atoms with van der Waals surface area (Å²) in [4.78, 5) is 21.9. The molecule has 158 valence electrons. The molecule has 1 saturated heterocycles. The number of amides is 1. The highest BCUT2D eigenvalue weighted by molar-refractivity contribution is 5.92. The van der Waals surface area contributed by atoms with Crippen LogP contribution in [0.15, 0.2) is 36.8 Å². The predicted octanol–water partition coefficient (Wildman–Crippen LogP) is 3.98. The quantitative estimate of drug-likeness (QED) is 0.646. The van der Waals surface area contributed by atoms with Crippen LogP contribution < -0.4 is 10.1 Å². The molecule has 0 radical (unpaired) electrons. The number of carbonyl (C=O) groups is 1. The number of likely N-dealkylation sites (tertiary alicyclic amines) is 1. The van der Waals surface area contributed by atoms with Crippen LogP contribution in [0.4, 0.5) is 18.9 Å². The van der Waals surface area contributed by atoms with Crippen LogP contribution >= 0.6 is 0 Å². The summed E-state index contributed by atoms with van der Waals surface area (Å²) < 4.78 is 40.4. The summed E-state index contributed by atoms with van der Waals surface area (Å²) in [5, 5.41) is 2.78. The monoisotopic (exact) mass is 410 g/mol. The number of hydrogen-bond donors (Lipinski definition) is 2. The second kappa shape index (κ2) is 9.78. The number of H-pyrrole nitrogens is 1. The van der Waals surface area contributed by atoms with Crippen LogP contribution in [0, 0.1) is 5.92 Å². The number of ether oxygens (including phenoxy) is 1. The van der Waals surface area contributed by atoms with Gasteiger partial charge < -0.3 is 19.9 Å². The molecule has 1 amide bonds. The fourth-order valence-corrected chi connectivity index (χ4v) is 3.48. The van der Waals surface area contributed by atoms with Crippen LogP contribution in [0.5, 0.6) is 5.75 Å². The van der Waals surface area contributed by atoms with E-state index in [2.05, 4.69) is 24.9 Å². The second-order valence-electron chi connectivity index (χ2n) is 7.21. The third-order valence-corrected chi connectivity index (χ3v) is 5.04. The van der Waals surface area contributed by atoms with Crippen molar-refractivity contribution < 1.29 is 22.7 Å². The third-order valence-electron chi connectivity index (χ3n) is 5.04. The number of rotatable bonds is 8. The van der Waals surface area contributed by atoms with Crippen molar-refractivity contribution in [3.63, 3.8) is 0 Å². The molecule has 1 aliphatic heterocycles. The van der Waals surface area contributed by atoms with Crippen molar-refractivity contribution in [2.75, 3.05) is 25.0 Å². The molecule has 1 aromatic carbocycles. The van der Waals surface area contributed by atoms with Crippen molar-refractivity contribution in [2.24, 2.45) is 5.92 Å². The van der Waals surface area contributed by atoms with Gasteiger partial charge in [0.1, 0.15) is 5.75 Å². The third kappa shape index (κ3) is 7.08. The highest BCUT2D eigenvalue weighted by Gasteiger charge is 2.31. The zero-order valence-electron chi connectivity index (χ0n) is 16.0. The van der Waals surface area contributed by atoms with E-state index in [4.69, 9.17) is 0 Å². The van der Waals surface area contributed by atoms with Gasteiger partial charge in [0.25, 0.3) is 0 Å². The molecule has 0 bridgehead atoms. The summed E-state index contributed by atoms with van der Waals surface area (Å²) in [6, 6.07) is 5.20. The maximum Gasteiger partial charge on any atom is 0.573 e. The van der Waals surface area contributed by atoms with E-state index in [-0.39, 0.29) is 17.6 Å². The molecule has 0 saturated carbocycles. The SMILES string of the molecule is O=C(Nc1ccc(OC(F)(F)F)cc1)C1CCN(CCCCc2cnc[nH]2)CC1. The smallest absolute Gasteiger partial charge is 0.406 e. The normalized spacial score (nSPS) is 16.0. The maximum atomic E-state index is 12.4. The Bertz CT molecular complexity index is 755. The number of anilines is 1. The first-order valence-corrected chi connectivity index (χ1v) is 9.75. The molecule has 6 nitrogen and oxygen atoms in total. The lowest BCUT2D eigenvalue weighted by atomic mass is 9.95. The Labute approximate surface area is 167 Å². The van der Waals surface area contributed by atoms with Crippen molar-refractivity contribution in [1.29, 1.82) is 0 Å². The van der Waals surface area contributed by atoms with E-state index in [1.54, 1.807) is 6.33 Å². The van der Waals surface area contributed by atoms with Crippen molar-refractivity contribution in [2.45, 2.75) is 38.5 Å². The Hall–Kier alpha value is -2.55. The number of benzene rings is 1. The zero-order valence-corrected chi connectivity index (χ0v) is 16.0. The van der Waals surface area contributed by atoms with E-state index in [1.807, 2.05) is 6.20 Å². The lowest BCUT2D eigenvalue weighted by molar-refractivity contribution is -0.274. The minimum Gasteiger partial charge on any atom is -0.406 e. The Morgan fingerprint density at radius 3 is 2.55 bits per heavy atom. The molecule has 1 aromatic heterocycles. The molecular formula is C20H25F3N4O2. The number of nitrogens with zero attached hydrogens (tertiary/aromatic N) is 2. The van der Waals surface area contributed by atoms with Gasteiger partial charge in [0.15, 0.2) is 0 Å². The zero-order chi connectivity index (χ0) is 20.7. The number of halogens is 3. The van der Waals surface area contributed by atoms with Crippen molar-refractivity contribution >= 4 is 11.6 Å². The van der Waals surface area contributed by atoms with Gasteiger partial charge in [-0.15, -0.1) is 13.2 Å². The van der Waals surface area contributed by atoms with E-state index >= 15 is 0 Å². The molecule has 2 heterocycles. The Morgan fingerprint density at radius 1 is 1.21 bits per heavy atom. The minimum absolute atomic E-state index is 0.0812. The predicted molar refractivity (Wildman–Crippen MR) is 102 cm³/mol. The molecule has 0 unspecified atom stereocenters. The first-order valence-electron chi connectivity index (χ1n) is 9.75. The van der Waals surface area contributed by atoms with E-state index in [1.165, 1.54) is 24.3 Å². The number of aromatic amines is 1.